The molecule has 0 radical (unpaired) electrons. The molecule has 0 atom stereocenters. The van der Waals surface area contributed by atoms with Crippen LogP contribution in [0.25, 0.3) is 11.4 Å². The van der Waals surface area contributed by atoms with Gasteiger partial charge in [0.25, 0.3) is 0 Å². The number of nitrogens with zero attached hydrogens (tertiary/aromatic N) is 2. The van der Waals surface area contributed by atoms with Crippen molar-refractivity contribution in [2.75, 3.05) is 0 Å². The average Bonchev–Trinajstić information content (AvgIpc) is 3.32. The molecule has 1 fully saturated rings. The van der Waals surface area contributed by atoms with E-state index in [1.165, 1.54) is 0 Å². The van der Waals surface area contributed by atoms with Crippen LogP contribution in [0.4, 0.5) is 0 Å². The summed E-state index contributed by atoms with van der Waals surface area (Å²) < 4.78 is 5.09. The Kier molecular flexibility index (Phi) is 5.03. The van der Waals surface area contributed by atoms with Gasteiger partial charge in [-0.1, -0.05) is 35.5 Å². The minimum atomic E-state index is -0.899. The van der Waals surface area contributed by atoms with Crippen molar-refractivity contribution in [2.24, 2.45) is 0 Å². The molecule has 1 heterocycles. The van der Waals surface area contributed by atoms with Gasteiger partial charge in [-0.25, -0.2) is 0 Å². The summed E-state index contributed by atoms with van der Waals surface area (Å²) in [7, 11) is 0. The van der Waals surface area contributed by atoms with E-state index in [9.17, 15) is 14.4 Å². The van der Waals surface area contributed by atoms with Gasteiger partial charge in [0.1, 0.15) is 0 Å². The van der Waals surface area contributed by atoms with Crippen LogP contribution in [0.3, 0.4) is 0 Å². The molecule has 1 aliphatic rings. The molecular weight excluding hydrogens is 326 g/mol. The number of carbonyl (C=O) groups excluding carboxylic acids is 3. The van der Waals surface area contributed by atoms with Gasteiger partial charge in [0, 0.05) is 24.4 Å². The van der Waals surface area contributed by atoms with Gasteiger partial charge in [-0.2, -0.15) is 4.98 Å². The lowest BCUT2D eigenvalue weighted by molar-refractivity contribution is -0.141. The van der Waals surface area contributed by atoms with Crippen LogP contribution in [0.2, 0.25) is 0 Å². The molecule has 9 nitrogen and oxygen atoms in total. The SMILES string of the molecule is O=C(CCc1nc(-c2ccccc2)no1)NNC(=O)C(=O)NC1CC1. The van der Waals surface area contributed by atoms with E-state index in [0.717, 1.165) is 18.4 Å². The van der Waals surface area contributed by atoms with E-state index in [1.807, 2.05) is 30.3 Å². The third-order valence-corrected chi connectivity index (χ3v) is 3.50. The van der Waals surface area contributed by atoms with Gasteiger partial charge in [-0.3, -0.25) is 25.2 Å². The number of rotatable bonds is 5. The first-order valence-electron chi connectivity index (χ1n) is 7.89. The highest BCUT2D eigenvalue weighted by Crippen LogP contribution is 2.18. The van der Waals surface area contributed by atoms with E-state index in [4.69, 9.17) is 4.52 Å². The number of nitrogens with one attached hydrogen (secondary N) is 3. The molecule has 130 valence electrons. The number of hydrogen-bond donors (Lipinski definition) is 3. The lowest BCUT2D eigenvalue weighted by Gasteiger charge is -2.06. The van der Waals surface area contributed by atoms with Crippen molar-refractivity contribution in [3.63, 3.8) is 0 Å². The Morgan fingerprint density at radius 2 is 1.84 bits per heavy atom. The summed E-state index contributed by atoms with van der Waals surface area (Å²) in [6, 6.07) is 9.38. The van der Waals surface area contributed by atoms with E-state index in [-0.39, 0.29) is 18.9 Å². The first-order chi connectivity index (χ1) is 12.1. The summed E-state index contributed by atoms with van der Waals surface area (Å²) in [5.41, 5.74) is 5.06. The molecule has 3 N–H and O–H groups in total. The van der Waals surface area contributed by atoms with Crippen molar-refractivity contribution >= 4 is 17.7 Å². The fraction of sp³-hybridized carbons (Fsp3) is 0.312. The van der Waals surface area contributed by atoms with Gasteiger partial charge < -0.3 is 9.84 Å². The Morgan fingerprint density at radius 1 is 1.08 bits per heavy atom. The molecule has 1 aromatic heterocycles. The van der Waals surface area contributed by atoms with Gasteiger partial charge in [-0.15, -0.1) is 0 Å². The van der Waals surface area contributed by atoms with E-state index >= 15 is 0 Å². The van der Waals surface area contributed by atoms with Crippen molar-refractivity contribution in [3.05, 3.63) is 36.2 Å². The molecule has 0 aliphatic heterocycles. The molecule has 0 spiro atoms. The Bertz CT molecular complexity index is 770. The monoisotopic (exact) mass is 343 g/mol. The number of hydrazine groups is 1. The van der Waals surface area contributed by atoms with E-state index in [1.54, 1.807) is 0 Å². The summed E-state index contributed by atoms with van der Waals surface area (Å²) >= 11 is 0. The number of amides is 3. The first-order valence-corrected chi connectivity index (χ1v) is 7.89. The maximum Gasteiger partial charge on any atom is 0.327 e. The van der Waals surface area contributed by atoms with Crippen LogP contribution in [0.1, 0.15) is 25.2 Å². The second-order valence-corrected chi connectivity index (χ2v) is 5.63. The minimum absolute atomic E-state index is 0.0287. The standard InChI is InChI=1S/C16H17N5O4/c22-12(19-20-16(24)15(23)17-11-6-7-11)8-9-13-18-14(21-25-13)10-4-2-1-3-5-10/h1-5,11H,6-9H2,(H,17,23)(H,19,22)(H,20,24). The van der Waals surface area contributed by atoms with Crippen LogP contribution in [0.15, 0.2) is 34.9 Å². The Labute approximate surface area is 143 Å². The predicted octanol–water partition coefficient (Wildman–Crippen LogP) is 0.0952. The van der Waals surface area contributed by atoms with Gasteiger partial charge in [0.15, 0.2) is 0 Å². The second-order valence-electron chi connectivity index (χ2n) is 5.63. The van der Waals surface area contributed by atoms with Crippen molar-refractivity contribution in [3.8, 4) is 11.4 Å². The van der Waals surface area contributed by atoms with Crippen LogP contribution < -0.4 is 16.2 Å². The van der Waals surface area contributed by atoms with E-state index in [0.29, 0.717) is 11.7 Å². The number of aryl methyl sites for hydroxylation is 1. The molecule has 9 heteroatoms. The highest BCUT2D eigenvalue weighted by Gasteiger charge is 2.26. The molecule has 1 aromatic carbocycles. The predicted molar refractivity (Wildman–Crippen MR) is 85.5 cm³/mol. The molecule has 25 heavy (non-hydrogen) atoms. The molecule has 1 aliphatic carbocycles. The third-order valence-electron chi connectivity index (χ3n) is 3.50. The molecule has 3 amide bonds. The van der Waals surface area contributed by atoms with Gasteiger partial charge in [0.2, 0.25) is 17.6 Å². The normalized spacial score (nSPS) is 13.1. The Hall–Kier alpha value is -3.23. The van der Waals surface area contributed by atoms with Crippen molar-refractivity contribution in [2.45, 2.75) is 31.7 Å². The highest BCUT2D eigenvalue weighted by molar-refractivity contribution is 6.35. The zero-order chi connectivity index (χ0) is 17.6. The van der Waals surface area contributed by atoms with E-state index in [2.05, 4.69) is 26.3 Å². The number of carbonyl (C=O) groups is 3. The molecule has 0 bridgehead atoms. The molecule has 2 aromatic rings. The number of hydrogen-bond acceptors (Lipinski definition) is 6. The molecule has 0 saturated heterocycles. The zero-order valence-electron chi connectivity index (χ0n) is 13.3. The molecular formula is C16H17N5O4. The molecule has 1 saturated carbocycles. The van der Waals surface area contributed by atoms with Crippen LogP contribution >= 0.6 is 0 Å². The third kappa shape index (κ3) is 4.87. The number of benzene rings is 1. The quantitative estimate of drug-likeness (QED) is 0.522. The fourth-order valence-electron chi connectivity index (χ4n) is 2.01. The van der Waals surface area contributed by atoms with Gasteiger partial charge in [0.05, 0.1) is 0 Å². The summed E-state index contributed by atoms with van der Waals surface area (Å²) in [6.45, 7) is 0. The lowest BCUT2D eigenvalue weighted by atomic mass is 10.2. The van der Waals surface area contributed by atoms with Crippen LogP contribution in [0.5, 0.6) is 0 Å². The smallest absolute Gasteiger partial charge is 0.327 e. The summed E-state index contributed by atoms with van der Waals surface area (Å²) in [4.78, 5) is 38.8. The zero-order valence-corrected chi connectivity index (χ0v) is 13.3. The second kappa shape index (κ2) is 7.56. The number of aromatic nitrogens is 2. The van der Waals surface area contributed by atoms with E-state index < -0.39 is 17.7 Å². The summed E-state index contributed by atoms with van der Waals surface area (Å²) in [5.74, 6) is -1.36. The lowest BCUT2D eigenvalue weighted by Crippen LogP contribution is -2.49. The topological polar surface area (TPSA) is 126 Å². The van der Waals surface area contributed by atoms with Crippen LogP contribution in [0, 0.1) is 0 Å². The van der Waals surface area contributed by atoms with Gasteiger partial charge in [-0.05, 0) is 12.8 Å². The Balaban J connectivity index is 1.41. The largest absolute Gasteiger partial charge is 0.345 e. The highest BCUT2D eigenvalue weighted by atomic mass is 16.5. The molecule has 3 rings (SSSR count). The first kappa shape index (κ1) is 16.6. The van der Waals surface area contributed by atoms with Crippen molar-refractivity contribution < 1.29 is 18.9 Å². The van der Waals surface area contributed by atoms with Crippen LogP contribution in [-0.2, 0) is 20.8 Å². The summed E-state index contributed by atoms with van der Waals surface area (Å²) in [6.07, 6.45) is 2.00. The van der Waals surface area contributed by atoms with Crippen molar-refractivity contribution in [1.29, 1.82) is 0 Å². The molecule has 0 unspecified atom stereocenters. The minimum Gasteiger partial charge on any atom is -0.345 e. The van der Waals surface area contributed by atoms with Gasteiger partial charge >= 0.3 is 11.8 Å². The average molecular weight is 343 g/mol. The fourth-order valence-corrected chi connectivity index (χ4v) is 2.01. The maximum atomic E-state index is 11.7. The maximum absolute atomic E-state index is 11.7. The summed E-state index contributed by atoms with van der Waals surface area (Å²) in [5, 5.41) is 6.37. The van der Waals surface area contributed by atoms with Crippen molar-refractivity contribution in [1.82, 2.24) is 26.3 Å². The Morgan fingerprint density at radius 3 is 2.56 bits per heavy atom. The van der Waals surface area contributed by atoms with Crippen LogP contribution in [-0.4, -0.2) is 33.9 Å².